The molecule has 0 atom stereocenters. The Balaban J connectivity index is 2.22. The van der Waals surface area contributed by atoms with Gasteiger partial charge in [-0.25, -0.2) is 4.98 Å². The molecule has 88 valence electrons. The molecule has 1 heterocycles. The number of nitrogens with zero attached hydrogens (tertiary/aromatic N) is 1. The number of benzene rings is 1. The van der Waals surface area contributed by atoms with E-state index in [1.54, 1.807) is 25.4 Å². The van der Waals surface area contributed by atoms with Crippen molar-refractivity contribution in [1.82, 2.24) is 4.98 Å². The van der Waals surface area contributed by atoms with Crippen LogP contribution in [0.15, 0.2) is 36.5 Å². The molecule has 4 heteroatoms. The minimum atomic E-state index is 0.489. The molecule has 0 fully saturated rings. The lowest BCUT2D eigenvalue weighted by Gasteiger charge is -2.09. The summed E-state index contributed by atoms with van der Waals surface area (Å²) in [4.78, 5) is 4.11. The van der Waals surface area contributed by atoms with Crippen LogP contribution in [0.1, 0.15) is 5.56 Å². The minimum Gasteiger partial charge on any atom is -0.495 e. The molecule has 1 aromatic carbocycles. The van der Waals surface area contributed by atoms with E-state index in [1.807, 2.05) is 25.1 Å². The molecule has 2 aromatic rings. The number of rotatable bonds is 3. The monoisotopic (exact) mass is 230 g/mol. The van der Waals surface area contributed by atoms with Gasteiger partial charge in [0.2, 0.25) is 5.88 Å². The van der Waals surface area contributed by atoms with Crippen LogP contribution < -0.4 is 15.2 Å². The van der Waals surface area contributed by atoms with Crippen molar-refractivity contribution in [3.05, 3.63) is 42.1 Å². The number of nitrogens with two attached hydrogens (primary N) is 1. The van der Waals surface area contributed by atoms with Gasteiger partial charge in [0.15, 0.2) is 5.75 Å². The Morgan fingerprint density at radius 1 is 1.18 bits per heavy atom. The predicted octanol–water partition coefficient (Wildman–Crippen LogP) is 2.77. The van der Waals surface area contributed by atoms with Gasteiger partial charge >= 0.3 is 0 Å². The van der Waals surface area contributed by atoms with Crippen molar-refractivity contribution in [3.63, 3.8) is 0 Å². The second kappa shape index (κ2) is 4.74. The molecule has 0 aliphatic carbocycles. The minimum absolute atomic E-state index is 0.489. The topological polar surface area (TPSA) is 57.4 Å². The number of hydrogen-bond acceptors (Lipinski definition) is 4. The predicted molar refractivity (Wildman–Crippen MR) is 66.5 cm³/mol. The summed E-state index contributed by atoms with van der Waals surface area (Å²) in [6, 6.07) is 9.16. The summed E-state index contributed by atoms with van der Waals surface area (Å²) in [5.74, 6) is 1.79. The number of para-hydroxylation sites is 1. The lowest BCUT2D eigenvalue weighted by molar-refractivity contribution is 0.408. The fourth-order valence-electron chi connectivity index (χ4n) is 1.40. The Morgan fingerprint density at radius 2 is 2.00 bits per heavy atom. The van der Waals surface area contributed by atoms with Crippen LogP contribution in [0.4, 0.5) is 5.69 Å². The van der Waals surface area contributed by atoms with E-state index in [-0.39, 0.29) is 0 Å². The van der Waals surface area contributed by atoms with Crippen molar-refractivity contribution in [2.75, 3.05) is 12.8 Å². The van der Waals surface area contributed by atoms with E-state index < -0.39 is 0 Å². The number of hydrogen-bond donors (Lipinski definition) is 1. The maximum Gasteiger partial charge on any atom is 0.219 e. The van der Waals surface area contributed by atoms with Gasteiger partial charge in [-0.3, -0.25) is 0 Å². The SMILES string of the molecule is COc1ccc(Oc2cccc(C)c2N)nc1. The van der Waals surface area contributed by atoms with Gasteiger partial charge in [-0.2, -0.15) is 0 Å². The van der Waals surface area contributed by atoms with E-state index in [0.29, 0.717) is 23.1 Å². The van der Waals surface area contributed by atoms with E-state index in [9.17, 15) is 0 Å². The maximum absolute atomic E-state index is 5.91. The Labute approximate surface area is 100 Å². The highest BCUT2D eigenvalue weighted by Crippen LogP contribution is 2.28. The maximum atomic E-state index is 5.91. The van der Waals surface area contributed by atoms with Crippen molar-refractivity contribution >= 4 is 5.69 Å². The fourth-order valence-corrected chi connectivity index (χ4v) is 1.40. The van der Waals surface area contributed by atoms with Gasteiger partial charge < -0.3 is 15.2 Å². The van der Waals surface area contributed by atoms with Gasteiger partial charge in [-0.05, 0) is 24.6 Å². The molecular weight excluding hydrogens is 216 g/mol. The first kappa shape index (κ1) is 11.3. The zero-order chi connectivity index (χ0) is 12.3. The van der Waals surface area contributed by atoms with Gasteiger partial charge in [0, 0.05) is 6.07 Å². The summed E-state index contributed by atoms with van der Waals surface area (Å²) >= 11 is 0. The van der Waals surface area contributed by atoms with Crippen molar-refractivity contribution in [2.24, 2.45) is 0 Å². The first-order chi connectivity index (χ1) is 8.20. The summed E-state index contributed by atoms with van der Waals surface area (Å²) in [5.41, 5.74) is 7.52. The molecule has 0 aliphatic heterocycles. The summed E-state index contributed by atoms with van der Waals surface area (Å²) in [7, 11) is 1.59. The molecule has 17 heavy (non-hydrogen) atoms. The van der Waals surface area contributed by atoms with Crippen molar-refractivity contribution in [3.8, 4) is 17.4 Å². The van der Waals surface area contributed by atoms with Gasteiger partial charge in [0.05, 0.1) is 19.0 Å². The fraction of sp³-hybridized carbons (Fsp3) is 0.154. The molecule has 0 saturated carbocycles. The van der Waals surface area contributed by atoms with Crippen LogP contribution in [-0.4, -0.2) is 12.1 Å². The van der Waals surface area contributed by atoms with Crippen LogP contribution >= 0.6 is 0 Å². The van der Waals surface area contributed by atoms with E-state index in [4.69, 9.17) is 15.2 Å². The van der Waals surface area contributed by atoms with Gasteiger partial charge in [-0.1, -0.05) is 12.1 Å². The Hall–Kier alpha value is -2.23. The number of pyridine rings is 1. The number of methoxy groups -OCH3 is 1. The quantitative estimate of drug-likeness (QED) is 0.824. The molecule has 0 amide bonds. The molecule has 0 unspecified atom stereocenters. The molecule has 0 saturated heterocycles. The molecule has 2 rings (SSSR count). The first-order valence-corrected chi connectivity index (χ1v) is 5.23. The highest BCUT2D eigenvalue weighted by atomic mass is 16.5. The summed E-state index contributed by atoms with van der Waals surface area (Å²) in [5, 5.41) is 0. The molecule has 0 bridgehead atoms. The highest BCUT2D eigenvalue weighted by Gasteiger charge is 2.04. The van der Waals surface area contributed by atoms with Crippen LogP contribution in [0.2, 0.25) is 0 Å². The number of ether oxygens (including phenoxy) is 2. The standard InChI is InChI=1S/C13H14N2O2/c1-9-4-3-5-11(13(9)14)17-12-7-6-10(16-2)8-15-12/h3-8H,14H2,1-2H3. The Morgan fingerprint density at radius 3 is 2.65 bits per heavy atom. The summed E-state index contributed by atoms with van der Waals surface area (Å²) in [6.45, 7) is 1.93. The third-order valence-corrected chi connectivity index (χ3v) is 2.44. The molecular formula is C13H14N2O2. The lowest BCUT2D eigenvalue weighted by Crippen LogP contribution is -1.95. The average Bonchev–Trinajstić information content (AvgIpc) is 2.36. The van der Waals surface area contributed by atoms with Crippen LogP contribution in [0.25, 0.3) is 0 Å². The van der Waals surface area contributed by atoms with Gasteiger partial charge in [0.1, 0.15) is 5.75 Å². The Bertz CT molecular complexity index is 509. The van der Waals surface area contributed by atoms with Crippen LogP contribution in [-0.2, 0) is 0 Å². The number of anilines is 1. The van der Waals surface area contributed by atoms with Gasteiger partial charge in [0.25, 0.3) is 0 Å². The van der Waals surface area contributed by atoms with E-state index >= 15 is 0 Å². The van der Waals surface area contributed by atoms with Crippen LogP contribution in [0, 0.1) is 6.92 Å². The van der Waals surface area contributed by atoms with Crippen molar-refractivity contribution < 1.29 is 9.47 Å². The summed E-state index contributed by atoms with van der Waals surface area (Å²) in [6.07, 6.45) is 1.60. The molecule has 0 spiro atoms. The molecule has 0 radical (unpaired) electrons. The molecule has 0 aliphatic rings. The Kier molecular flexibility index (Phi) is 3.14. The zero-order valence-corrected chi connectivity index (χ0v) is 9.81. The third kappa shape index (κ3) is 2.47. The smallest absolute Gasteiger partial charge is 0.219 e. The number of aromatic nitrogens is 1. The molecule has 4 nitrogen and oxygen atoms in total. The largest absolute Gasteiger partial charge is 0.495 e. The van der Waals surface area contributed by atoms with Gasteiger partial charge in [-0.15, -0.1) is 0 Å². The zero-order valence-electron chi connectivity index (χ0n) is 9.81. The second-order valence-electron chi connectivity index (χ2n) is 3.63. The third-order valence-electron chi connectivity index (χ3n) is 2.44. The van der Waals surface area contributed by atoms with Crippen LogP contribution in [0.3, 0.4) is 0 Å². The van der Waals surface area contributed by atoms with E-state index in [1.165, 1.54) is 0 Å². The molecule has 2 N–H and O–H groups in total. The average molecular weight is 230 g/mol. The highest BCUT2D eigenvalue weighted by molar-refractivity contribution is 5.58. The second-order valence-corrected chi connectivity index (χ2v) is 3.63. The first-order valence-electron chi connectivity index (χ1n) is 5.23. The number of nitrogen functional groups attached to an aromatic ring is 1. The van der Waals surface area contributed by atoms with Crippen molar-refractivity contribution in [2.45, 2.75) is 6.92 Å². The van der Waals surface area contributed by atoms with E-state index in [0.717, 1.165) is 5.56 Å². The molecule has 1 aromatic heterocycles. The van der Waals surface area contributed by atoms with Crippen molar-refractivity contribution in [1.29, 1.82) is 0 Å². The summed E-state index contributed by atoms with van der Waals surface area (Å²) < 4.78 is 10.6. The van der Waals surface area contributed by atoms with E-state index in [2.05, 4.69) is 4.98 Å². The lowest BCUT2D eigenvalue weighted by atomic mass is 10.2. The number of aryl methyl sites for hydroxylation is 1. The normalized spacial score (nSPS) is 10.0. The van der Waals surface area contributed by atoms with Crippen LogP contribution in [0.5, 0.6) is 17.4 Å².